The number of carbonyl (C=O) groups excluding carboxylic acids is 1. The number of nitrogens with zero attached hydrogens (tertiary/aromatic N) is 2. The molecule has 218 valence electrons. The third-order valence-corrected chi connectivity index (χ3v) is 7.72. The Bertz CT molecular complexity index is 1420. The summed E-state index contributed by atoms with van der Waals surface area (Å²) in [5, 5.41) is 12.7. The molecule has 1 amide bonds. The Hall–Kier alpha value is -3.78. The molecule has 2 heterocycles. The van der Waals surface area contributed by atoms with E-state index in [1.54, 1.807) is 12.3 Å². The zero-order valence-electron chi connectivity index (χ0n) is 24.3. The number of pyridine rings is 1. The number of hydrogen-bond acceptors (Lipinski definition) is 4. The first-order valence-corrected chi connectivity index (χ1v) is 14.3. The van der Waals surface area contributed by atoms with Crippen LogP contribution < -0.4 is 10.9 Å². The molecule has 1 aliphatic rings. The molecule has 0 aliphatic carbocycles. The standard InChI is InChI=1S/C33H40FN3O4/c1-21(2)15-29(37-18-24(11-12-30(37)38)13-14-36-19-27(34)20-36)33(41)35-28(17-31(39)40)25-9-6-10-26(16-25)32-22(3)7-5-8-23(32)4/h5-12,16,18,21,27-29H,13-15,17,19-20H2,1-4H3,(H,35,41)(H,39,40). The molecule has 1 aliphatic heterocycles. The lowest BCUT2D eigenvalue weighted by atomic mass is 9.92. The second-order valence-corrected chi connectivity index (χ2v) is 11.6. The SMILES string of the molecule is Cc1cccc(C)c1-c1cccc(C(CC(=O)O)NC(=O)C(CC(C)C)n2cc(CCN3CC(F)C3)ccc2=O)c1. The summed E-state index contributed by atoms with van der Waals surface area (Å²) in [4.78, 5) is 40.7. The summed E-state index contributed by atoms with van der Waals surface area (Å²) in [7, 11) is 0. The Kier molecular flexibility index (Phi) is 9.76. The van der Waals surface area contributed by atoms with E-state index >= 15 is 0 Å². The van der Waals surface area contributed by atoms with Crippen molar-refractivity contribution in [2.24, 2.45) is 5.92 Å². The maximum atomic E-state index is 13.8. The molecule has 3 aromatic rings. The predicted molar refractivity (Wildman–Crippen MR) is 159 cm³/mol. The van der Waals surface area contributed by atoms with Crippen LogP contribution in [0.25, 0.3) is 11.1 Å². The number of hydrogen-bond donors (Lipinski definition) is 2. The molecule has 7 nitrogen and oxygen atoms in total. The zero-order chi connectivity index (χ0) is 29.7. The lowest BCUT2D eigenvalue weighted by Gasteiger charge is -2.34. The molecule has 0 bridgehead atoms. The Balaban J connectivity index is 1.61. The largest absolute Gasteiger partial charge is 0.481 e. The lowest BCUT2D eigenvalue weighted by Crippen LogP contribution is -2.49. The Morgan fingerprint density at radius 1 is 1.05 bits per heavy atom. The number of carbonyl (C=O) groups is 2. The lowest BCUT2D eigenvalue weighted by molar-refractivity contribution is -0.138. The summed E-state index contributed by atoms with van der Waals surface area (Å²) in [5.41, 5.74) is 5.52. The van der Waals surface area contributed by atoms with Gasteiger partial charge in [-0.05, 0) is 72.1 Å². The Labute approximate surface area is 241 Å². The van der Waals surface area contributed by atoms with Crippen LogP contribution in [0.3, 0.4) is 0 Å². The molecule has 1 fully saturated rings. The van der Waals surface area contributed by atoms with Crippen molar-refractivity contribution in [3.8, 4) is 11.1 Å². The van der Waals surface area contributed by atoms with Crippen LogP contribution in [0, 0.1) is 19.8 Å². The van der Waals surface area contributed by atoms with Gasteiger partial charge in [-0.2, -0.15) is 0 Å². The highest BCUT2D eigenvalue weighted by atomic mass is 19.1. The molecule has 4 rings (SSSR count). The Morgan fingerprint density at radius 3 is 2.37 bits per heavy atom. The maximum Gasteiger partial charge on any atom is 0.305 e. The van der Waals surface area contributed by atoms with Crippen molar-refractivity contribution in [3.63, 3.8) is 0 Å². The van der Waals surface area contributed by atoms with E-state index in [4.69, 9.17) is 0 Å². The summed E-state index contributed by atoms with van der Waals surface area (Å²) < 4.78 is 14.7. The van der Waals surface area contributed by atoms with Gasteiger partial charge in [0.15, 0.2) is 0 Å². The van der Waals surface area contributed by atoms with Crippen molar-refractivity contribution in [1.29, 1.82) is 0 Å². The first-order chi connectivity index (χ1) is 19.5. The van der Waals surface area contributed by atoms with Gasteiger partial charge in [-0.25, -0.2) is 4.39 Å². The van der Waals surface area contributed by atoms with E-state index < -0.39 is 30.1 Å². The average molecular weight is 562 g/mol. The second-order valence-electron chi connectivity index (χ2n) is 11.6. The van der Waals surface area contributed by atoms with Gasteiger partial charge in [0.2, 0.25) is 5.91 Å². The van der Waals surface area contributed by atoms with Gasteiger partial charge >= 0.3 is 5.97 Å². The van der Waals surface area contributed by atoms with Crippen molar-refractivity contribution in [1.82, 2.24) is 14.8 Å². The number of likely N-dealkylation sites (tertiary alicyclic amines) is 1. The number of rotatable bonds is 12. The van der Waals surface area contributed by atoms with Gasteiger partial charge in [0.25, 0.3) is 5.56 Å². The van der Waals surface area contributed by atoms with Crippen molar-refractivity contribution >= 4 is 11.9 Å². The molecule has 1 saturated heterocycles. The molecule has 2 atom stereocenters. The van der Waals surface area contributed by atoms with Gasteiger partial charge in [-0.15, -0.1) is 0 Å². The van der Waals surface area contributed by atoms with Crippen LogP contribution in [-0.4, -0.2) is 52.3 Å². The fourth-order valence-electron chi connectivity index (χ4n) is 5.59. The molecule has 2 unspecified atom stereocenters. The van der Waals surface area contributed by atoms with Gasteiger partial charge in [0.1, 0.15) is 12.2 Å². The molecular weight excluding hydrogens is 521 g/mol. The monoisotopic (exact) mass is 561 g/mol. The van der Waals surface area contributed by atoms with E-state index in [2.05, 4.69) is 5.32 Å². The fourth-order valence-corrected chi connectivity index (χ4v) is 5.59. The topological polar surface area (TPSA) is 91.6 Å². The second kappa shape index (κ2) is 13.3. The number of carboxylic acid groups (broad SMARTS) is 1. The highest BCUT2D eigenvalue weighted by Gasteiger charge is 2.28. The summed E-state index contributed by atoms with van der Waals surface area (Å²) >= 11 is 0. The fraction of sp³-hybridized carbons (Fsp3) is 0.424. The van der Waals surface area contributed by atoms with Gasteiger partial charge in [0.05, 0.1) is 12.5 Å². The summed E-state index contributed by atoms with van der Waals surface area (Å²) in [5.74, 6) is -1.33. The van der Waals surface area contributed by atoms with Crippen molar-refractivity contribution in [3.05, 3.63) is 93.4 Å². The van der Waals surface area contributed by atoms with Crippen LogP contribution >= 0.6 is 0 Å². The molecule has 41 heavy (non-hydrogen) atoms. The molecule has 0 spiro atoms. The minimum absolute atomic E-state index is 0.106. The highest BCUT2D eigenvalue weighted by molar-refractivity contribution is 5.82. The van der Waals surface area contributed by atoms with Gasteiger partial charge in [-0.3, -0.25) is 19.3 Å². The van der Waals surface area contributed by atoms with E-state index in [-0.39, 0.29) is 17.9 Å². The van der Waals surface area contributed by atoms with Crippen LogP contribution in [0.4, 0.5) is 4.39 Å². The molecule has 0 saturated carbocycles. The van der Waals surface area contributed by atoms with Crippen molar-refractivity contribution in [2.45, 2.75) is 65.2 Å². The van der Waals surface area contributed by atoms with Gasteiger partial charge in [-0.1, -0.05) is 56.3 Å². The third-order valence-electron chi connectivity index (χ3n) is 7.72. The predicted octanol–water partition coefficient (Wildman–Crippen LogP) is 5.25. The normalized spacial score (nSPS) is 15.4. The molecule has 0 radical (unpaired) electrons. The van der Waals surface area contributed by atoms with Crippen LogP contribution in [0.5, 0.6) is 0 Å². The van der Waals surface area contributed by atoms with E-state index in [1.165, 1.54) is 10.6 Å². The van der Waals surface area contributed by atoms with E-state index in [0.29, 0.717) is 38.0 Å². The zero-order valence-corrected chi connectivity index (χ0v) is 24.3. The summed E-state index contributed by atoms with van der Waals surface area (Å²) in [6.07, 6.45) is 1.69. The minimum Gasteiger partial charge on any atom is -0.481 e. The number of carboxylic acids is 1. The van der Waals surface area contributed by atoms with E-state index in [0.717, 1.165) is 27.8 Å². The quantitative estimate of drug-likeness (QED) is 0.315. The van der Waals surface area contributed by atoms with Gasteiger partial charge in [0, 0.05) is 31.9 Å². The Morgan fingerprint density at radius 2 is 1.73 bits per heavy atom. The highest BCUT2D eigenvalue weighted by Crippen LogP contribution is 2.30. The van der Waals surface area contributed by atoms with Gasteiger partial charge < -0.3 is 15.0 Å². The molecule has 2 aromatic carbocycles. The average Bonchev–Trinajstić information content (AvgIpc) is 2.89. The molecule has 2 N–H and O–H groups in total. The van der Waals surface area contributed by atoms with Crippen LogP contribution in [0.2, 0.25) is 0 Å². The summed E-state index contributed by atoms with van der Waals surface area (Å²) in [6.45, 7) is 9.56. The van der Waals surface area contributed by atoms with E-state index in [1.807, 2.05) is 75.1 Å². The van der Waals surface area contributed by atoms with Crippen LogP contribution in [-0.2, 0) is 16.0 Å². The van der Waals surface area contributed by atoms with E-state index in [9.17, 15) is 23.9 Å². The van der Waals surface area contributed by atoms with Crippen molar-refractivity contribution in [2.75, 3.05) is 19.6 Å². The maximum absolute atomic E-state index is 13.8. The first kappa shape index (κ1) is 30.2. The molecule has 8 heteroatoms. The number of nitrogens with one attached hydrogen (secondary N) is 1. The smallest absolute Gasteiger partial charge is 0.305 e. The number of halogens is 1. The number of aryl methyl sites for hydroxylation is 2. The van der Waals surface area contributed by atoms with Crippen LogP contribution in [0.15, 0.2) is 65.6 Å². The number of aliphatic carboxylic acids is 1. The summed E-state index contributed by atoms with van der Waals surface area (Å²) in [6, 6.07) is 15.3. The van der Waals surface area contributed by atoms with Crippen molar-refractivity contribution < 1.29 is 19.1 Å². The first-order valence-electron chi connectivity index (χ1n) is 14.3. The number of aromatic nitrogens is 1. The third kappa shape index (κ3) is 7.70. The molecular formula is C33H40FN3O4. The van der Waals surface area contributed by atoms with Crippen LogP contribution in [0.1, 0.15) is 61.0 Å². The number of alkyl halides is 1. The minimum atomic E-state index is -1.03. The molecule has 1 aromatic heterocycles. The number of benzene rings is 2. The number of amides is 1.